The van der Waals surface area contributed by atoms with Crippen molar-refractivity contribution in [2.24, 2.45) is 11.8 Å². The highest BCUT2D eigenvalue weighted by molar-refractivity contribution is 6.24. The molecule has 2 bridgehead atoms. The van der Waals surface area contributed by atoms with Crippen molar-refractivity contribution >= 4 is 17.5 Å². The minimum atomic E-state index is -1.07. The molecule has 3 aliphatic heterocycles. The van der Waals surface area contributed by atoms with E-state index in [0.717, 1.165) is 0 Å². The van der Waals surface area contributed by atoms with Crippen LogP contribution in [0.1, 0.15) is 0 Å². The summed E-state index contributed by atoms with van der Waals surface area (Å²) in [5.74, 6) is -1.44. The molecule has 0 aliphatic carbocycles. The maximum absolute atomic E-state index is 12.8. The number of carbonyl (C=O) groups is 2. The van der Waals surface area contributed by atoms with Gasteiger partial charge in [-0.1, -0.05) is 24.3 Å². The number of benzene rings is 1. The number of aliphatic hydroxyl groups excluding tert-OH is 1. The Morgan fingerprint density at radius 3 is 2.82 bits per heavy atom. The zero-order chi connectivity index (χ0) is 15.5. The fraction of sp³-hybridized carbons (Fsp3) is 0.375. The molecular formula is C16H15NO5. The van der Waals surface area contributed by atoms with Crippen molar-refractivity contribution < 1.29 is 24.2 Å². The van der Waals surface area contributed by atoms with E-state index in [4.69, 9.17) is 9.47 Å². The quantitative estimate of drug-likeness (QED) is 0.650. The highest BCUT2D eigenvalue weighted by Gasteiger charge is 2.67. The molecule has 4 unspecified atom stereocenters. The van der Waals surface area contributed by atoms with E-state index < -0.39 is 23.5 Å². The van der Waals surface area contributed by atoms with E-state index in [1.165, 1.54) is 12.0 Å². The Morgan fingerprint density at radius 1 is 1.32 bits per heavy atom. The monoisotopic (exact) mass is 301 g/mol. The number of aliphatic hydroxyl groups is 1. The molecule has 0 spiro atoms. The molecule has 1 aromatic carbocycles. The van der Waals surface area contributed by atoms with E-state index in [0.29, 0.717) is 11.4 Å². The van der Waals surface area contributed by atoms with Gasteiger partial charge in [0.05, 0.1) is 37.3 Å². The number of fused-ring (bicyclic) bond motifs is 5. The van der Waals surface area contributed by atoms with Gasteiger partial charge < -0.3 is 14.6 Å². The minimum Gasteiger partial charge on any atom is -0.495 e. The molecule has 114 valence electrons. The highest BCUT2D eigenvalue weighted by atomic mass is 16.5. The van der Waals surface area contributed by atoms with Gasteiger partial charge in [-0.2, -0.15) is 0 Å². The second-order valence-corrected chi connectivity index (χ2v) is 5.74. The second kappa shape index (κ2) is 4.41. The summed E-state index contributed by atoms with van der Waals surface area (Å²) in [5, 5.41) is 9.67. The Hall–Kier alpha value is -2.18. The molecule has 2 saturated heterocycles. The molecule has 0 radical (unpaired) electrons. The molecule has 2 fully saturated rings. The first kappa shape index (κ1) is 13.5. The Labute approximate surface area is 126 Å². The molecule has 4 rings (SSSR count). The summed E-state index contributed by atoms with van der Waals surface area (Å²) >= 11 is 0. The summed E-state index contributed by atoms with van der Waals surface area (Å²) in [6.45, 7) is -0.319. The molecule has 0 aromatic heterocycles. The van der Waals surface area contributed by atoms with Crippen molar-refractivity contribution in [1.29, 1.82) is 0 Å². The summed E-state index contributed by atoms with van der Waals surface area (Å²) < 4.78 is 11.0. The molecule has 1 aromatic rings. The maximum Gasteiger partial charge on any atom is 0.241 e. The van der Waals surface area contributed by atoms with Crippen LogP contribution in [-0.4, -0.2) is 42.3 Å². The number of imide groups is 1. The lowest BCUT2D eigenvalue weighted by Gasteiger charge is -2.26. The fourth-order valence-electron chi connectivity index (χ4n) is 3.74. The van der Waals surface area contributed by atoms with Crippen LogP contribution in [0.4, 0.5) is 5.69 Å². The van der Waals surface area contributed by atoms with Crippen molar-refractivity contribution in [3.8, 4) is 5.75 Å². The maximum atomic E-state index is 12.8. The first-order valence-electron chi connectivity index (χ1n) is 7.12. The van der Waals surface area contributed by atoms with E-state index in [2.05, 4.69) is 0 Å². The van der Waals surface area contributed by atoms with Crippen LogP contribution < -0.4 is 9.64 Å². The van der Waals surface area contributed by atoms with Crippen LogP contribution in [0.3, 0.4) is 0 Å². The zero-order valence-corrected chi connectivity index (χ0v) is 11.9. The number of anilines is 1. The molecule has 6 heteroatoms. The van der Waals surface area contributed by atoms with Crippen LogP contribution in [0.5, 0.6) is 5.75 Å². The lowest BCUT2D eigenvalue weighted by Crippen LogP contribution is -2.43. The summed E-state index contributed by atoms with van der Waals surface area (Å²) in [5.41, 5.74) is -0.638. The van der Waals surface area contributed by atoms with Crippen molar-refractivity contribution in [1.82, 2.24) is 0 Å². The van der Waals surface area contributed by atoms with E-state index >= 15 is 0 Å². The summed E-state index contributed by atoms with van der Waals surface area (Å²) in [7, 11) is 1.49. The van der Waals surface area contributed by atoms with Crippen molar-refractivity contribution in [2.75, 3.05) is 18.6 Å². The van der Waals surface area contributed by atoms with E-state index in [-0.39, 0.29) is 18.4 Å². The highest BCUT2D eigenvalue weighted by Crippen LogP contribution is 2.52. The predicted molar refractivity (Wildman–Crippen MR) is 76.3 cm³/mol. The zero-order valence-electron chi connectivity index (χ0n) is 11.9. The van der Waals surface area contributed by atoms with Crippen LogP contribution >= 0.6 is 0 Å². The van der Waals surface area contributed by atoms with Crippen molar-refractivity contribution in [3.05, 3.63) is 36.4 Å². The number of amides is 2. The average Bonchev–Trinajstić information content (AvgIpc) is 3.18. The molecule has 2 amide bonds. The topological polar surface area (TPSA) is 76.1 Å². The third-order valence-electron chi connectivity index (χ3n) is 4.73. The van der Waals surface area contributed by atoms with Gasteiger partial charge in [-0.05, 0) is 12.1 Å². The molecule has 4 atom stereocenters. The number of rotatable bonds is 3. The number of ether oxygens (including phenoxy) is 2. The summed E-state index contributed by atoms with van der Waals surface area (Å²) in [4.78, 5) is 26.8. The number of hydrogen-bond acceptors (Lipinski definition) is 5. The van der Waals surface area contributed by atoms with Crippen LogP contribution in [0.15, 0.2) is 36.4 Å². The Morgan fingerprint density at radius 2 is 2.09 bits per heavy atom. The van der Waals surface area contributed by atoms with Crippen LogP contribution in [0.2, 0.25) is 0 Å². The average molecular weight is 301 g/mol. The molecule has 3 heterocycles. The van der Waals surface area contributed by atoms with Crippen LogP contribution in [-0.2, 0) is 14.3 Å². The minimum absolute atomic E-state index is 0.302. The Kier molecular flexibility index (Phi) is 2.70. The van der Waals surface area contributed by atoms with Crippen molar-refractivity contribution in [2.45, 2.75) is 11.7 Å². The SMILES string of the molecule is COc1ccccc1N1C(=O)C2C3C=CC(CO)(O3)C2C1=O. The fourth-order valence-corrected chi connectivity index (χ4v) is 3.74. The second-order valence-electron chi connectivity index (χ2n) is 5.74. The molecule has 3 aliphatic rings. The first-order chi connectivity index (χ1) is 10.6. The van der Waals surface area contributed by atoms with Gasteiger partial charge in [0.2, 0.25) is 11.8 Å². The molecular weight excluding hydrogens is 286 g/mol. The summed E-state index contributed by atoms with van der Waals surface area (Å²) in [6.07, 6.45) is 3.01. The van der Waals surface area contributed by atoms with E-state index in [1.807, 2.05) is 0 Å². The normalized spacial score (nSPS) is 35.4. The first-order valence-corrected chi connectivity index (χ1v) is 7.12. The third kappa shape index (κ3) is 1.46. The largest absolute Gasteiger partial charge is 0.495 e. The standard InChI is InChI=1S/C16H15NO5/c1-21-10-5-3-2-4-9(10)17-14(19)12-11-6-7-16(8-18,22-11)13(12)15(17)20/h2-7,11-13,18H,8H2,1H3. The Bertz CT molecular complexity index is 700. The lowest BCUT2D eigenvalue weighted by atomic mass is 9.77. The third-order valence-corrected chi connectivity index (χ3v) is 4.73. The van der Waals surface area contributed by atoms with Crippen molar-refractivity contribution in [3.63, 3.8) is 0 Å². The molecule has 22 heavy (non-hydrogen) atoms. The van der Waals surface area contributed by atoms with Gasteiger partial charge in [0.25, 0.3) is 0 Å². The summed E-state index contributed by atoms with van der Waals surface area (Å²) in [6, 6.07) is 6.90. The number of methoxy groups -OCH3 is 1. The number of nitrogens with zero attached hydrogens (tertiary/aromatic N) is 1. The van der Waals surface area contributed by atoms with Gasteiger partial charge in [0, 0.05) is 0 Å². The van der Waals surface area contributed by atoms with Gasteiger partial charge in [-0.25, -0.2) is 4.90 Å². The smallest absolute Gasteiger partial charge is 0.241 e. The van der Waals surface area contributed by atoms with Gasteiger partial charge in [-0.15, -0.1) is 0 Å². The molecule has 1 N–H and O–H groups in total. The Balaban J connectivity index is 1.80. The number of para-hydroxylation sites is 2. The van der Waals surface area contributed by atoms with E-state index in [1.54, 1.807) is 36.4 Å². The van der Waals surface area contributed by atoms with Gasteiger partial charge in [-0.3, -0.25) is 9.59 Å². The number of hydrogen-bond donors (Lipinski definition) is 1. The number of carbonyl (C=O) groups excluding carboxylic acids is 2. The molecule has 0 saturated carbocycles. The van der Waals surface area contributed by atoms with Gasteiger partial charge >= 0.3 is 0 Å². The van der Waals surface area contributed by atoms with E-state index in [9.17, 15) is 14.7 Å². The van der Waals surface area contributed by atoms with Gasteiger partial charge in [0.1, 0.15) is 11.4 Å². The predicted octanol–water partition coefficient (Wildman–Crippen LogP) is 0.500. The van der Waals surface area contributed by atoms with Crippen LogP contribution in [0.25, 0.3) is 0 Å². The van der Waals surface area contributed by atoms with Gasteiger partial charge in [0.15, 0.2) is 0 Å². The lowest BCUT2D eigenvalue weighted by molar-refractivity contribution is -0.128. The van der Waals surface area contributed by atoms with Crippen LogP contribution in [0, 0.1) is 11.8 Å². The molecule has 6 nitrogen and oxygen atoms in total.